The maximum absolute atomic E-state index is 12.3. The van der Waals surface area contributed by atoms with Crippen LogP contribution < -0.4 is 4.90 Å². The molecule has 1 aromatic rings. The summed E-state index contributed by atoms with van der Waals surface area (Å²) in [6.45, 7) is 7.02. The molecule has 2 N–H and O–H groups in total. The molecular weight excluding hydrogens is 286 g/mol. The number of aliphatic hydroxyl groups is 2. The zero-order valence-electron chi connectivity index (χ0n) is 12.7. The number of rotatable bonds is 4. The third kappa shape index (κ3) is 3.84. The second kappa shape index (κ2) is 6.17. The number of benzene rings is 1. The minimum atomic E-state index is -1.58. The van der Waals surface area contributed by atoms with Crippen molar-refractivity contribution in [2.24, 2.45) is 0 Å². The van der Waals surface area contributed by atoms with Crippen molar-refractivity contribution < 1.29 is 19.7 Å². The number of fused-ring (bicyclic) bond motifs is 1. The normalized spacial score (nSPS) is 18.0. The van der Waals surface area contributed by atoms with Gasteiger partial charge in [0.05, 0.1) is 18.3 Å². The minimum absolute atomic E-state index is 0.376. The number of hydrogen-bond acceptors (Lipinski definition) is 4. The first-order valence-electron chi connectivity index (χ1n) is 7.19. The Balaban J connectivity index is 2.10. The van der Waals surface area contributed by atoms with Crippen molar-refractivity contribution in [2.75, 3.05) is 11.5 Å². The van der Waals surface area contributed by atoms with Gasteiger partial charge in [0, 0.05) is 14.5 Å². The highest BCUT2D eigenvalue weighted by Gasteiger charge is 2.38. The van der Waals surface area contributed by atoms with Crippen molar-refractivity contribution >= 4 is 19.9 Å². The molecule has 1 aliphatic rings. The lowest BCUT2D eigenvalue weighted by Gasteiger charge is -2.26. The van der Waals surface area contributed by atoms with Crippen LogP contribution in [-0.4, -0.2) is 43.3 Å². The van der Waals surface area contributed by atoms with Gasteiger partial charge in [0.2, 0.25) is 0 Å². The van der Waals surface area contributed by atoms with E-state index in [0.29, 0.717) is 18.7 Å². The molecule has 0 aromatic heterocycles. The molecule has 0 radical (unpaired) electrons. The molecule has 0 spiro atoms. The lowest BCUT2D eigenvalue weighted by atomic mass is 10.1. The molecule has 6 heteroatoms. The van der Waals surface area contributed by atoms with E-state index in [-0.39, 0.29) is 0 Å². The lowest BCUT2D eigenvalue weighted by molar-refractivity contribution is -0.0573. The Labute approximate surface area is 126 Å². The number of carbonyl (C=O) groups is 1. The summed E-state index contributed by atoms with van der Waals surface area (Å²) >= 11 is 0. The van der Waals surface area contributed by atoms with Crippen LogP contribution in [0.3, 0.4) is 0 Å². The Morgan fingerprint density at radius 2 is 2.05 bits per heavy atom. The van der Waals surface area contributed by atoms with Crippen molar-refractivity contribution in [2.45, 2.75) is 44.4 Å². The Hall–Kier alpha value is -1.37. The molecule has 0 bridgehead atoms. The fraction of sp³-hybridized carbons (Fsp3) is 0.533. The Morgan fingerprint density at radius 3 is 2.67 bits per heavy atom. The predicted molar refractivity (Wildman–Crippen MR) is 84.1 cm³/mol. The maximum atomic E-state index is 12.3. The molecule has 0 fully saturated rings. The number of ether oxygens (including phenoxy) is 1. The van der Waals surface area contributed by atoms with E-state index in [0.717, 1.165) is 11.6 Å². The summed E-state index contributed by atoms with van der Waals surface area (Å²) in [5.41, 5.74) is 1.63. The van der Waals surface area contributed by atoms with E-state index in [1.54, 1.807) is 6.07 Å². The highest BCUT2D eigenvalue weighted by molar-refractivity contribution is 6.76. The summed E-state index contributed by atoms with van der Waals surface area (Å²) < 4.78 is 5.34. The zero-order chi connectivity index (χ0) is 15.6. The largest absolute Gasteiger partial charge is 0.449 e. The van der Waals surface area contributed by atoms with Gasteiger partial charge in [-0.2, -0.15) is 0 Å². The predicted octanol–water partition coefficient (Wildman–Crippen LogP) is 2.20. The summed E-state index contributed by atoms with van der Waals surface area (Å²) in [5, 5.41) is 19.0. The number of nitrogens with zero attached hydrogens (tertiary/aromatic N) is 1. The molecular formula is C15H23NO4Si. The number of hydrogen-bond donors (Lipinski definition) is 2. The average molecular weight is 309 g/mol. The van der Waals surface area contributed by atoms with Crippen LogP contribution in [0.15, 0.2) is 24.3 Å². The maximum Gasteiger partial charge on any atom is 0.414 e. The van der Waals surface area contributed by atoms with Gasteiger partial charge < -0.3 is 14.9 Å². The first kappa shape index (κ1) is 16.0. The van der Waals surface area contributed by atoms with Crippen LogP contribution in [0.5, 0.6) is 0 Å². The molecule has 1 aliphatic heterocycles. The summed E-state index contributed by atoms with van der Waals surface area (Å²) in [5.74, 6) is 0. The summed E-state index contributed by atoms with van der Waals surface area (Å²) in [6, 6.07) is 7.60. The van der Waals surface area contributed by atoms with Gasteiger partial charge in [-0.3, -0.25) is 4.90 Å². The van der Waals surface area contributed by atoms with Gasteiger partial charge in [-0.1, -0.05) is 37.8 Å². The Bertz CT molecular complexity index is 513. The van der Waals surface area contributed by atoms with Crippen LogP contribution in [0.25, 0.3) is 0 Å². The van der Waals surface area contributed by atoms with Crippen LogP contribution >= 0.6 is 0 Å². The quantitative estimate of drug-likeness (QED) is 0.661. The van der Waals surface area contributed by atoms with Gasteiger partial charge in [-0.25, -0.2) is 4.79 Å². The first-order chi connectivity index (χ1) is 9.79. The van der Waals surface area contributed by atoms with Gasteiger partial charge >= 0.3 is 6.09 Å². The van der Waals surface area contributed by atoms with E-state index in [9.17, 15) is 15.0 Å². The minimum Gasteiger partial charge on any atom is -0.449 e. The molecule has 0 saturated carbocycles. The molecule has 1 unspecified atom stereocenters. The smallest absolute Gasteiger partial charge is 0.414 e. The van der Waals surface area contributed by atoms with Crippen molar-refractivity contribution in [3.05, 3.63) is 29.8 Å². The van der Waals surface area contributed by atoms with Crippen molar-refractivity contribution in [1.82, 2.24) is 0 Å². The summed E-state index contributed by atoms with van der Waals surface area (Å²) in [7, 11) is -1.27. The fourth-order valence-electron chi connectivity index (χ4n) is 2.40. The molecule has 1 heterocycles. The zero-order valence-corrected chi connectivity index (χ0v) is 13.7. The number of carbonyl (C=O) groups excluding carboxylic acids is 1. The van der Waals surface area contributed by atoms with Crippen molar-refractivity contribution in [3.8, 4) is 0 Å². The fourth-order valence-corrected chi connectivity index (χ4v) is 3.11. The van der Waals surface area contributed by atoms with Crippen LogP contribution in [0, 0.1) is 0 Å². The van der Waals surface area contributed by atoms with Gasteiger partial charge in [-0.05, 0) is 17.7 Å². The first-order valence-corrected chi connectivity index (χ1v) is 10.9. The number of anilines is 1. The Kier molecular flexibility index (Phi) is 4.70. The van der Waals surface area contributed by atoms with Gasteiger partial charge in [0.15, 0.2) is 6.29 Å². The Morgan fingerprint density at radius 1 is 1.38 bits per heavy atom. The summed E-state index contributed by atoms with van der Waals surface area (Å²) in [6.07, 6.45) is -1.66. The molecule has 0 aliphatic carbocycles. The number of amides is 1. The number of aliphatic hydroxyl groups excluding tert-OH is 1. The van der Waals surface area contributed by atoms with E-state index in [1.165, 1.54) is 4.90 Å². The van der Waals surface area contributed by atoms with Crippen molar-refractivity contribution in [3.63, 3.8) is 0 Å². The monoisotopic (exact) mass is 309 g/mol. The van der Waals surface area contributed by atoms with Crippen LogP contribution in [0.4, 0.5) is 10.5 Å². The lowest BCUT2D eigenvalue weighted by Crippen LogP contribution is -2.45. The third-order valence-electron chi connectivity index (χ3n) is 3.63. The third-order valence-corrected chi connectivity index (χ3v) is 5.33. The molecule has 1 amide bonds. The van der Waals surface area contributed by atoms with Gasteiger partial charge in [0.1, 0.15) is 0 Å². The topological polar surface area (TPSA) is 70.0 Å². The van der Waals surface area contributed by atoms with Crippen molar-refractivity contribution in [1.29, 1.82) is 0 Å². The van der Waals surface area contributed by atoms with Gasteiger partial charge in [-0.15, -0.1) is 0 Å². The molecule has 5 nitrogen and oxygen atoms in total. The highest BCUT2D eigenvalue weighted by atomic mass is 28.3. The molecule has 1 aromatic carbocycles. The molecule has 0 saturated heterocycles. The van der Waals surface area contributed by atoms with Crippen LogP contribution in [0.1, 0.15) is 5.56 Å². The van der Waals surface area contributed by atoms with Gasteiger partial charge in [0.25, 0.3) is 0 Å². The second-order valence-electron chi connectivity index (χ2n) is 6.61. The second-order valence-corrected chi connectivity index (χ2v) is 12.2. The van der Waals surface area contributed by atoms with E-state index >= 15 is 0 Å². The molecule has 1 atom stereocenters. The molecule has 116 valence electrons. The van der Waals surface area contributed by atoms with E-state index in [4.69, 9.17) is 4.74 Å². The van der Waals surface area contributed by atoms with Crippen LogP contribution in [0.2, 0.25) is 25.7 Å². The van der Waals surface area contributed by atoms with E-state index in [2.05, 4.69) is 19.6 Å². The average Bonchev–Trinajstić information content (AvgIpc) is 2.76. The van der Waals surface area contributed by atoms with E-state index < -0.39 is 26.5 Å². The molecule has 2 rings (SSSR count). The number of para-hydroxylation sites is 1. The standard InChI is InChI=1S/C15H23NO4Si/c1-21(2,3)9-8-20-15(19)16-12-7-5-4-6-11(12)10-13(16)14(17)18/h4-7,13-14,17-18H,8-10H2,1-3H3. The van der Waals surface area contributed by atoms with Crippen LogP contribution in [-0.2, 0) is 11.2 Å². The SMILES string of the molecule is C[Si](C)(C)CCOC(=O)N1c2ccccc2CC1C(O)O. The summed E-state index contributed by atoms with van der Waals surface area (Å²) in [4.78, 5) is 13.7. The van der Waals surface area contributed by atoms with E-state index in [1.807, 2.05) is 18.2 Å². The highest BCUT2D eigenvalue weighted by Crippen LogP contribution is 2.33. The molecule has 21 heavy (non-hydrogen) atoms.